The fourth-order valence-electron chi connectivity index (χ4n) is 0.717. The minimum absolute atomic E-state index is 0.467. The van der Waals surface area contributed by atoms with Crippen molar-refractivity contribution in [2.75, 3.05) is 0 Å². The fourth-order valence-corrected chi connectivity index (χ4v) is 1.38. The van der Waals surface area contributed by atoms with Gasteiger partial charge in [-0.1, -0.05) is 13.8 Å². The van der Waals surface area contributed by atoms with E-state index >= 15 is 0 Å². The highest BCUT2D eigenvalue weighted by Crippen LogP contribution is 2.24. The molecule has 1 rings (SSSR count). The van der Waals surface area contributed by atoms with Crippen molar-refractivity contribution in [2.45, 2.75) is 19.8 Å². The van der Waals surface area contributed by atoms with Crippen LogP contribution in [0.1, 0.15) is 25.5 Å². The molecule has 0 aliphatic heterocycles. The number of hydrogen-bond acceptors (Lipinski definition) is 1. The Labute approximate surface area is 63.2 Å². The quantitative estimate of drug-likeness (QED) is 0.661. The van der Waals surface area contributed by atoms with Gasteiger partial charge in [0.1, 0.15) is 5.76 Å². The molecule has 0 aliphatic carbocycles. The highest BCUT2D eigenvalue weighted by Gasteiger charge is 2.05. The summed E-state index contributed by atoms with van der Waals surface area (Å²) in [6, 6.07) is 1.91. The van der Waals surface area contributed by atoms with Crippen molar-refractivity contribution in [3.63, 3.8) is 0 Å². The van der Waals surface area contributed by atoms with Gasteiger partial charge in [0.15, 0.2) is 0 Å². The van der Waals surface area contributed by atoms with Crippen LogP contribution in [-0.4, -0.2) is 0 Å². The lowest BCUT2D eigenvalue weighted by molar-refractivity contribution is 0.484. The van der Waals surface area contributed by atoms with Gasteiger partial charge in [-0.05, 0) is 22.0 Å². The van der Waals surface area contributed by atoms with E-state index in [4.69, 9.17) is 4.42 Å². The van der Waals surface area contributed by atoms with Crippen molar-refractivity contribution >= 4 is 15.9 Å². The first kappa shape index (κ1) is 6.87. The fraction of sp³-hybridized carbons (Fsp3) is 0.429. The summed E-state index contributed by atoms with van der Waals surface area (Å²) >= 11 is 3.37. The maximum atomic E-state index is 5.18. The van der Waals surface area contributed by atoms with Gasteiger partial charge in [-0.2, -0.15) is 0 Å². The average molecular weight is 189 g/mol. The van der Waals surface area contributed by atoms with Crippen LogP contribution in [0.4, 0.5) is 0 Å². The van der Waals surface area contributed by atoms with E-state index in [9.17, 15) is 0 Å². The van der Waals surface area contributed by atoms with Crippen LogP contribution < -0.4 is 0 Å². The Kier molecular flexibility index (Phi) is 1.96. The number of halogens is 1. The molecular weight excluding hydrogens is 180 g/mol. The molecule has 50 valence electrons. The van der Waals surface area contributed by atoms with Crippen LogP contribution in [0.15, 0.2) is 21.2 Å². The van der Waals surface area contributed by atoms with Gasteiger partial charge in [-0.15, -0.1) is 0 Å². The first-order chi connectivity index (χ1) is 4.22. The summed E-state index contributed by atoms with van der Waals surface area (Å²) in [6.45, 7) is 4.20. The van der Waals surface area contributed by atoms with Gasteiger partial charge >= 0.3 is 0 Å². The first-order valence-electron chi connectivity index (χ1n) is 2.94. The van der Waals surface area contributed by atoms with Crippen LogP contribution in [0, 0.1) is 0 Å². The third kappa shape index (κ3) is 1.36. The zero-order valence-electron chi connectivity index (χ0n) is 5.52. The van der Waals surface area contributed by atoms with Crippen molar-refractivity contribution in [3.8, 4) is 0 Å². The molecule has 0 radical (unpaired) electrons. The van der Waals surface area contributed by atoms with Gasteiger partial charge in [0.2, 0.25) is 0 Å². The SMILES string of the molecule is CC(C)c1occc1Br. The smallest absolute Gasteiger partial charge is 0.120 e. The molecule has 0 aliphatic rings. The van der Waals surface area contributed by atoms with E-state index in [0.29, 0.717) is 5.92 Å². The molecule has 0 unspecified atom stereocenters. The average Bonchev–Trinajstić information content (AvgIpc) is 2.13. The van der Waals surface area contributed by atoms with Crippen LogP contribution in [0.2, 0.25) is 0 Å². The lowest BCUT2D eigenvalue weighted by Gasteiger charge is -1.98. The van der Waals surface area contributed by atoms with E-state index in [1.54, 1.807) is 6.26 Å². The molecule has 0 saturated heterocycles. The van der Waals surface area contributed by atoms with Gasteiger partial charge < -0.3 is 4.42 Å². The van der Waals surface area contributed by atoms with Crippen LogP contribution in [0.25, 0.3) is 0 Å². The standard InChI is InChI=1S/C7H9BrO/c1-5(2)7-6(8)3-4-9-7/h3-5H,1-2H3. The third-order valence-electron chi connectivity index (χ3n) is 1.17. The molecule has 0 N–H and O–H groups in total. The molecule has 0 saturated carbocycles. The van der Waals surface area contributed by atoms with E-state index in [2.05, 4.69) is 29.8 Å². The second-order valence-electron chi connectivity index (χ2n) is 2.29. The lowest BCUT2D eigenvalue weighted by Crippen LogP contribution is -1.82. The molecule has 0 atom stereocenters. The second kappa shape index (κ2) is 2.56. The summed E-state index contributed by atoms with van der Waals surface area (Å²) in [5.41, 5.74) is 0. The zero-order chi connectivity index (χ0) is 6.85. The second-order valence-corrected chi connectivity index (χ2v) is 3.14. The Morgan fingerprint density at radius 1 is 1.56 bits per heavy atom. The molecule has 1 heterocycles. The summed E-state index contributed by atoms with van der Waals surface area (Å²) in [5, 5.41) is 0. The molecule has 1 nitrogen and oxygen atoms in total. The number of hydrogen-bond donors (Lipinski definition) is 0. The van der Waals surface area contributed by atoms with Crippen molar-refractivity contribution < 1.29 is 4.42 Å². The Bertz CT molecular complexity index is 191. The summed E-state index contributed by atoms with van der Waals surface area (Å²) in [6.07, 6.45) is 1.69. The van der Waals surface area contributed by atoms with Crippen LogP contribution in [-0.2, 0) is 0 Å². The van der Waals surface area contributed by atoms with Gasteiger partial charge in [0.05, 0.1) is 10.7 Å². The maximum Gasteiger partial charge on any atom is 0.120 e. The Morgan fingerprint density at radius 3 is 2.44 bits per heavy atom. The maximum absolute atomic E-state index is 5.18. The Morgan fingerprint density at radius 2 is 2.22 bits per heavy atom. The molecule has 1 aromatic heterocycles. The summed E-state index contributed by atoms with van der Waals surface area (Å²) in [7, 11) is 0. The predicted molar refractivity (Wildman–Crippen MR) is 40.5 cm³/mol. The molecule has 0 fully saturated rings. The summed E-state index contributed by atoms with van der Waals surface area (Å²) in [4.78, 5) is 0. The lowest BCUT2D eigenvalue weighted by atomic mass is 10.2. The van der Waals surface area contributed by atoms with E-state index < -0.39 is 0 Å². The molecule has 1 aromatic rings. The normalized spacial score (nSPS) is 10.7. The van der Waals surface area contributed by atoms with Crippen molar-refractivity contribution in [1.82, 2.24) is 0 Å². The molecule has 9 heavy (non-hydrogen) atoms. The van der Waals surface area contributed by atoms with Gasteiger partial charge in [-0.3, -0.25) is 0 Å². The first-order valence-corrected chi connectivity index (χ1v) is 3.74. The molecule has 0 bridgehead atoms. The highest BCUT2D eigenvalue weighted by atomic mass is 79.9. The molecular formula is C7H9BrO. The molecule has 0 spiro atoms. The van der Waals surface area contributed by atoms with Gasteiger partial charge in [-0.25, -0.2) is 0 Å². The summed E-state index contributed by atoms with van der Waals surface area (Å²) < 4.78 is 6.25. The summed E-state index contributed by atoms with van der Waals surface area (Å²) in [5.74, 6) is 1.49. The van der Waals surface area contributed by atoms with Crippen LogP contribution in [0.5, 0.6) is 0 Å². The van der Waals surface area contributed by atoms with Crippen LogP contribution >= 0.6 is 15.9 Å². The largest absolute Gasteiger partial charge is 0.468 e. The van der Waals surface area contributed by atoms with E-state index in [1.165, 1.54) is 0 Å². The van der Waals surface area contributed by atoms with E-state index in [1.807, 2.05) is 6.07 Å². The van der Waals surface area contributed by atoms with Crippen molar-refractivity contribution in [3.05, 3.63) is 22.6 Å². The van der Waals surface area contributed by atoms with E-state index in [0.717, 1.165) is 10.2 Å². The van der Waals surface area contributed by atoms with Gasteiger partial charge in [0.25, 0.3) is 0 Å². The number of furan rings is 1. The predicted octanol–water partition coefficient (Wildman–Crippen LogP) is 3.17. The van der Waals surface area contributed by atoms with Crippen molar-refractivity contribution in [2.24, 2.45) is 0 Å². The molecule has 2 heteroatoms. The minimum Gasteiger partial charge on any atom is -0.468 e. The Balaban J connectivity index is 2.94. The van der Waals surface area contributed by atoms with Gasteiger partial charge in [0, 0.05) is 5.92 Å². The topological polar surface area (TPSA) is 13.1 Å². The highest BCUT2D eigenvalue weighted by molar-refractivity contribution is 9.10. The van der Waals surface area contributed by atoms with Crippen molar-refractivity contribution in [1.29, 1.82) is 0 Å². The zero-order valence-corrected chi connectivity index (χ0v) is 7.10. The number of rotatable bonds is 1. The third-order valence-corrected chi connectivity index (χ3v) is 1.82. The van der Waals surface area contributed by atoms with E-state index in [-0.39, 0.29) is 0 Å². The minimum atomic E-state index is 0.467. The molecule has 0 amide bonds. The van der Waals surface area contributed by atoms with Crippen LogP contribution in [0.3, 0.4) is 0 Å². The monoisotopic (exact) mass is 188 g/mol. The molecule has 0 aromatic carbocycles. The Hall–Kier alpha value is -0.240.